The van der Waals surface area contributed by atoms with Crippen molar-refractivity contribution in [3.63, 3.8) is 0 Å². The Balaban J connectivity index is 1.98. The van der Waals surface area contributed by atoms with Gasteiger partial charge in [-0.05, 0) is 18.9 Å². The van der Waals surface area contributed by atoms with Crippen LogP contribution in [0.2, 0.25) is 0 Å². The topological polar surface area (TPSA) is 38.8 Å². The van der Waals surface area contributed by atoms with Gasteiger partial charge >= 0.3 is 6.09 Å². The number of hydrogen-bond donors (Lipinski definition) is 0. The Morgan fingerprint density at radius 3 is 2.86 bits per heavy atom. The summed E-state index contributed by atoms with van der Waals surface area (Å²) < 4.78 is 23.9. The van der Waals surface area contributed by atoms with E-state index in [1.54, 1.807) is 6.07 Å². The quantitative estimate of drug-likeness (QED) is 0.710. The molecule has 0 spiro atoms. The number of carbonyl (C=O) groups excluding carboxylic acids is 1. The van der Waals surface area contributed by atoms with Gasteiger partial charge in [0, 0.05) is 12.1 Å². The average molecular weight is 295 g/mol. The second kappa shape index (κ2) is 7.29. The van der Waals surface area contributed by atoms with Gasteiger partial charge in [0.05, 0.1) is 19.3 Å². The maximum atomic E-state index is 13.5. The first-order valence-corrected chi connectivity index (χ1v) is 7.46. The molecule has 4 nitrogen and oxygen atoms in total. The highest BCUT2D eigenvalue weighted by atomic mass is 19.1. The monoisotopic (exact) mass is 295 g/mol. The van der Waals surface area contributed by atoms with Gasteiger partial charge in [0.2, 0.25) is 0 Å². The molecular weight excluding hydrogens is 273 g/mol. The number of halogens is 1. The Morgan fingerprint density at radius 2 is 2.14 bits per heavy atom. The van der Waals surface area contributed by atoms with E-state index in [0.717, 1.165) is 19.3 Å². The minimum absolute atomic E-state index is 0.108. The van der Waals surface area contributed by atoms with Crippen LogP contribution in [0.15, 0.2) is 18.2 Å². The second-order valence-electron chi connectivity index (χ2n) is 5.31. The zero-order chi connectivity index (χ0) is 15.2. The van der Waals surface area contributed by atoms with E-state index in [1.165, 1.54) is 37.0 Å². The number of unbranched alkanes of at least 4 members (excludes halogenated alkanes) is 3. The fourth-order valence-electron chi connectivity index (χ4n) is 2.50. The Morgan fingerprint density at radius 1 is 1.33 bits per heavy atom. The van der Waals surface area contributed by atoms with Crippen LogP contribution < -0.4 is 9.64 Å². The van der Waals surface area contributed by atoms with Crippen LogP contribution in [0.1, 0.15) is 39.0 Å². The SMILES string of the molecule is CCCCCCC1CN(c2cc(F)cc(OC)c2)C(=O)O1. The Kier molecular flexibility index (Phi) is 5.42. The van der Waals surface area contributed by atoms with Crippen molar-refractivity contribution in [2.75, 3.05) is 18.6 Å². The van der Waals surface area contributed by atoms with Crippen LogP contribution >= 0.6 is 0 Å². The predicted octanol–water partition coefficient (Wildman–Crippen LogP) is 4.13. The molecule has 5 heteroatoms. The van der Waals surface area contributed by atoms with E-state index in [2.05, 4.69) is 6.92 Å². The van der Waals surface area contributed by atoms with Gasteiger partial charge in [-0.25, -0.2) is 9.18 Å². The molecule has 0 saturated carbocycles. The summed E-state index contributed by atoms with van der Waals surface area (Å²) in [6.07, 6.45) is 4.91. The number of hydrogen-bond acceptors (Lipinski definition) is 3. The summed E-state index contributed by atoms with van der Waals surface area (Å²) in [5.74, 6) is -0.0345. The van der Waals surface area contributed by atoms with Crippen LogP contribution in [-0.2, 0) is 4.74 Å². The van der Waals surface area contributed by atoms with Crippen LogP contribution in [0.3, 0.4) is 0 Å². The minimum Gasteiger partial charge on any atom is -0.497 e. The lowest BCUT2D eigenvalue weighted by molar-refractivity contribution is 0.135. The van der Waals surface area contributed by atoms with Gasteiger partial charge in [0.15, 0.2) is 0 Å². The molecule has 1 aromatic carbocycles. The largest absolute Gasteiger partial charge is 0.497 e. The third kappa shape index (κ3) is 4.09. The molecule has 1 aliphatic rings. The maximum absolute atomic E-state index is 13.5. The fourth-order valence-corrected chi connectivity index (χ4v) is 2.50. The van der Waals surface area contributed by atoms with Gasteiger partial charge in [-0.2, -0.15) is 0 Å². The van der Waals surface area contributed by atoms with Crippen molar-refractivity contribution in [2.24, 2.45) is 0 Å². The molecule has 0 bridgehead atoms. The van der Waals surface area contributed by atoms with Gasteiger partial charge in [-0.1, -0.05) is 26.2 Å². The van der Waals surface area contributed by atoms with E-state index in [-0.39, 0.29) is 6.10 Å². The molecule has 0 N–H and O–H groups in total. The summed E-state index contributed by atoms with van der Waals surface area (Å²) >= 11 is 0. The number of anilines is 1. The summed E-state index contributed by atoms with van der Waals surface area (Å²) in [6.45, 7) is 2.63. The third-order valence-electron chi connectivity index (χ3n) is 3.66. The van der Waals surface area contributed by atoms with Gasteiger partial charge in [0.25, 0.3) is 0 Å². The van der Waals surface area contributed by atoms with Crippen molar-refractivity contribution in [3.05, 3.63) is 24.0 Å². The van der Waals surface area contributed by atoms with Crippen molar-refractivity contribution in [1.82, 2.24) is 0 Å². The highest BCUT2D eigenvalue weighted by Gasteiger charge is 2.32. The van der Waals surface area contributed by atoms with Gasteiger partial charge in [-0.15, -0.1) is 0 Å². The molecule has 21 heavy (non-hydrogen) atoms. The van der Waals surface area contributed by atoms with E-state index < -0.39 is 11.9 Å². The number of ether oxygens (including phenoxy) is 2. The molecule has 1 aromatic rings. The van der Waals surface area contributed by atoms with Gasteiger partial charge in [-0.3, -0.25) is 4.90 Å². The van der Waals surface area contributed by atoms with Crippen LogP contribution in [-0.4, -0.2) is 25.9 Å². The molecule has 1 saturated heterocycles. The zero-order valence-corrected chi connectivity index (χ0v) is 12.6. The number of amides is 1. The van der Waals surface area contributed by atoms with Crippen LogP contribution in [0, 0.1) is 5.82 Å². The summed E-state index contributed by atoms with van der Waals surface area (Å²) in [7, 11) is 1.47. The van der Waals surface area contributed by atoms with Gasteiger partial charge in [0.1, 0.15) is 17.7 Å². The lowest BCUT2D eigenvalue weighted by atomic mass is 10.1. The van der Waals surface area contributed by atoms with E-state index in [4.69, 9.17) is 9.47 Å². The third-order valence-corrected chi connectivity index (χ3v) is 3.66. The van der Waals surface area contributed by atoms with E-state index >= 15 is 0 Å². The van der Waals surface area contributed by atoms with Crippen molar-refractivity contribution >= 4 is 11.8 Å². The molecule has 1 heterocycles. The van der Waals surface area contributed by atoms with Crippen LogP contribution in [0.5, 0.6) is 5.75 Å². The highest BCUT2D eigenvalue weighted by molar-refractivity contribution is 5.90. The van der Waals surface area contributed by atoms with Crippen molar-refractivity contribution < 1.29 is 18.7 Å². The first kappa shape index (κ1) is 15.6. The smallest absolute Gasteiger partial charge is 0.414 e. The van der Waals surface area contributed by atoms with Crippen molar-refractivity contribution in [1.29, 1.82) is 0 Å². The molecule has 0 aromatic heterocycles. The summed E-state index contributed by atoms with van der Waals surface area (Å²) in [6, 6.07) is 4.25. The standard InChI is InChI=1S/C16H22FNO3/c1-3-4-5-6-7-14-11-18(16(19)21-14)13-8-12(17)9-15(10-13)20-2/h8-10,14H,3-7,11H2,1-2H3. The zero-order valence-electron chi connectivity index (χ0n) is 12.6. The normalized spacial score (nSPS) is 18.0. The number of carbonyl (C=O) groups is 1. The number of cyclic esters (lactones) is 1. The van der Waals surface area contributed by atoms with Gasteiger partial charge < -0.3 is 9.47 Å². The van der Waals surface area contributed by atoms with E-state index in [0.29, 0.717) is 18.0 Å². The average Bonchev–Trinajstić information content (AvgIpc) is 2.84. The van der Waals surface area contributed by atoms with Crippen molar-refractivity contribution in [2.45, 2.75) is 45.1 Å². The molecule has 2 rings (SSSR count). The molecule has 1 aliphatic heterocycles. The van der Waals surface area contributed by atoms with Crippen LogP contribution in [0.25, 0.3) is 0 Å². The number of nitrogens with zero attached hydrogens (tertiary/aromatic N) is 1. The maximum Gasteiger partial charge on any atom is 0.414 e. The number of benzene rings is 1. The summed E-state index contributed by atoms with van der Waals surface area (Å²) in [5, 5.41) is 0. The molecule has 1 amide bonds. The summed E-state index contributed by atoms with van der Waals surface area (Å²) in [5.41, 5.74) is 0.480. The molecular formula is C16H22FNO3. The molecule has 1 unspecified atom stereocenters. The highest BCUT2D eigenvalue weighted by Crippen LogP contribution is 2.28. The van der Waals surface area contributed by atoms with E-state index in [1.807, 2.05) is 0 Å². The van der Waals surface area contributed by atoms with Crippen molar-refractivity contribution in [3.8, 4) is 5.75 Å². The number of rotatable bonds is 7. The predicted molar refractivity (Wildman–Crippen MR) is 79.3 cm³/mol. The molecule has 0 radical (unpaired) electrons. The summed E-state index contributed by atoms with van der Waals surface area (Å²) in [4.78, 5) is 13.4. The molecule has 1 fully saturated rings. The number of methoxy groups -OCH3 is 1. The minimum atomic E-state index is -0.427. The lowest BCUT2D eigenvalue weighted by Crippen LogP contribution is -2.24. The Bertz CT molecular complexity index is 492. The molecule has 0 aliphatic carbocycles. The first-order chi connectivity index (χ1) is 10.1. The van der Waals surface area contributed by atoms with E-state index in [9.17, 15) is 9.18 Å². The molecule has 116 valence electrons. The lowest BCUT2D eigenvalue weighted by Gasteiger charge is -2.14. The molecule has 1 atom stereocenters. The second-order valence-corrected chi connectivity index (χ2v) is 5.31. The Labute approximate surface area is 124 Å². The van der Waals surface area contributed by atoms with Crippen LogP contribution in [0.4, 0.5) is 14.9 Å². The first-order valence-electron chi connectivity index (χ1n) is 7.46. The fraction of sp³-hybridized carbons (Fsp3) is 0.562. The Hall–Kier alpha value is -1.78.